The molecule has 2 heterocycles. The van der Waals surface area contributed by atoms with Crippen LogP contribution in [0.2, 0.25) is 5.02 Å². The highest BCUT2D eigenvalue weighted by atomic mass is 35.5. The molecule has 2 fully saturated rings. The first kappa shape index (κ1) is 28.0. The first-order chi connectivity index (χ1) is 19.4. The Morgan fingerprint density at radius 1 is 1.05 bits per heavy atom. The fourth-order valence-electron chi connectivity index (χ4n) is 5.70. The highest BCUT2D eigenvalue weighted by Gasteiger charge is 2.36. The van der Waals surface area contributed by atoms with E-state index in [2.05, 4.69) is 4.98 Å². The van der Waals surface area contributed by atoms with Gasteiger partial charge in [-0.3, -0.25) is 4.79 Å². The largest absolute Gasteiger partial charge is 0.486 e. The standard InChI is InChI=1S/C32H35ClN2O5/c1-3-38-32(37)26(17-30(36)35-18-24-6-4-5-7-25(24)19-35)16-22-8-14-28(15-9-22)39-20-29-31(34-21(2)40-29)23-10-12-27(33)13-11-23/h8-16,24-25H,3-7,17-20H2,1-2H3/b26-16+/t24-,25+. The number of fused-ring (bicyclic) bond motifs is 1. The van der Waals surface area contributed by atoms with Crippen molar-refractivity contribution in [2.75, 3.05) is 19.7 Å². The molecule has 7 nitrogen and oxygen atoms in total. The van der Waals surface area contributed by atoms with Crippen molar-refractivity contribution < 1.29 is 23.5 Å². The Morgan fingerprint density at radius 3 is 2.38 bits per heavy atom. The molecule has 0 radical (unpaired) electrons. The number of esters is 1. The van der Waals surface area contributed by atoms with Crippen molar-refractivity contribution >= 4 is 29.6 Å². The van der Waals surface area contributed by atoms with Gasteiger partial charge in [-0.15, -0.1) is 0 Å². The minimum absolute atomic E-state index is 0.00695. The molecule has 0 bridgehead atoms. The number of ether oxygens (including phenoxy) is 2. The van der Waals surface area contributed by atoms with E-state index in [9.17, 15) is 9.59 Å². The van der Waals surface area contributed by atoms with Crippen LogP contribution in [0.5, 0.6) is 5.75 Å². The molecule has 0 spiro atoms. The third kappa shape index (κ3) is 6.76. The van der Waals surface area contributed by atoms with Gasteiger partial charge in [-0.1, -0.05) is 48.7 Å². The second kappa shape index (κ2) is 12.7. The van der Waals surface area contributed by atoms with Gasteiger partial charge in [0.2, 0.25) is 5.91 Å². The molecule has 40 heavy (non-hydrogen) atoms. The van der Waals surface area contributed by atoms with Crippen LogP contribution < -0.4 is 4.74 Å². The molecule has 8 heteroatoms. The van der Waals surface area contributed by atoms with Gasteiger partial charge in [0.05, 0.1) is 13.0 Å². The molecule has 3 aromatic rings. The third-order valence-electron chi connectivity index (χ3n) is 7.72. The number of amides is 1. The molecular weight excluding hydrogens is 528 g/mol. The Labute approximate surface area is 240 Å². The summed E-state index contributed by atoms with van der Waals surface area (Å²) in [6.45, 7) is 5.63. The lowest BCUT2D eigenvalue weighted by Gasteiger charge is -2.22. The van der Waals surface area contributed by atoms with Crippen LogP contribution in [0.1, 0.15) is 56.2 Å². The van der Waals surface area contributed by atoms with E-state index >= 15 is 0 Å². The number of carbonyl (C=O) groups excluding carboxylic acids is 2. The Bertz CT molecular complexity index is 1350. The van der Waals surface area contributed by atoms with Gasteiger partial charge in [0.15, 0.2) is 11.7 Å². The smallest absolute Gasteiger partial charge is 0.334 e. The van der Waals surface area contributed by atoms with Crippen LogP contribution in [0.25, 0.3) is 17.3 Å². The second-order valence-electron chi connectivity index (χ2n) is 10.5. The van der Waals surface area contributed by atoms with Gasteiger partial charge >= 0.3 is 5.97 Å². The fourth-order valence-corrected chi connectivity index (χ4v) is 5.83. The molecule has 2 atom stereocenters. The molecule has 1 aliphatic heterocycles. The Hall–Kier alpha value is -3.58. The second-order valence-corrected chi connectivity index (χ2v) is 11.0. The van der Waals surface area contributed by atoms with Crippen molar-refractivity contribution in [1.82, 2.24) is 9.88 Å². The zero-order valence-corrected chi connectivity index (χ0v) is 23.8. The molecule has 1 saturated heterocycles. The number of halogens is 1. The van der Waals surface area contributed by atoms with Gasteiger partial charge in [0, 0.05) is 36.2 Å². The number of nitrogens with zero attached hydrogens (tertiary/aromatic N) is 2. The first-order valence-electron chi connectivity index (χ1n) is 14.0. The van der Waals surface area contributed by atoms with Crippen LogP contribution in [0.15, 0.2) is 58.5 Å². The summed E-state index contributed by atoms with van der Waals surface area (Å²) < 4.78 is 17.0. The molecule has 0 N–H and O–H groups in total. The van der Waals surface area contributed by atoms with Crippen molar-refractivity contribution in [1.29, 1.82) is 0 Å². The van der Waals surface area contributed by atoms with E-state index in [0.29, 0.717) is 39.8 Å². The van der Waals surface area contributed by atoms with Crippen molar-refractivity contribution in [3.8, 4) is 17.0 Å². The van der Waals surface area contributed by atoms with Crippen LogP contribution in [0.3, 0.4) is 0 Å². The Balaban J connectivity index is 1.25. The van der Waals surface area contributed by atoms with E-state index in [0.717, 1.165) is 29.9 Å². The maximum Gasteiger partial charge on any atom is 0.334 e. The number of hydrogen-bond acceptors (Lipinski definition) is 6. The summed E-state index contributed by atoms with van der Waals surface area (Å²) in [4.78, 5) is 32.3. The number of aryl methyl sites for hydroxylation is 1. The summed E-state index contributed by atoms with van der Waals surface area (Å²) in [6, 6.07) is 14.8. The normalized spacial score (nSPS) is 18.9. The van der Waals surface area contributed by atoms with Crippen molar-refractivity contribution in [3.05, 3.63) is 76.3 Å². The molecule has 1 amide bonds. The number of benzene rings is 2. The molecular formula is C32H35ClN2O5. The van der Waals surface area contributed by atoms with E-state index in [-0.39, 0.29) is 25.5 Å². The average Bonchev–Trinajstić information content (AvgIpc) is 3.56. The van der Waals surface area contributed by atoms with Gasteiger partial charge in [-0.05, 0) is 67.5 Å². The minimum Gasteiger partial charge on any atom is -0.486 e. The van der Waals surface area contributed by atoms with Crippen LogP contribution in [0.4, 0.5) is 0 Å². The van der Waals surface area contributed by atoms with E-state index in [1.807, 2.05) is 53.4 Å². The van der Waals surface area contributed by atoms with E-state index in [1.54, 1.807) is 19.9 Å². The number of hydrogen-bond donors (Lipinski definition) is 0. The molecule has 2 aliphatic rings. The lowest BCUT2D eigenvalue weighted by atomic mass is 9.82. The molecule has 210 valence electrons. The summed E-state index contributed by atoms with van der Waals surface area (Å²) in [6.07, 6.45) is 6.66. The number of likely N-dealkylation sites (tertiary alicyclic amines) is 1. The van der Waals surface area contributed by atoms with Crippen LogP contribution >= 0.6 is 11.6 Å². The molecule has 1 aliphatic carbocycles. The van der Waals surface area contributed by atoms with Crippen LogP contribution in [-0.2, 0) is 20.9 Å². The summed E-state index contributed by atoms with van der Waals surface area (Å²) in [5, 5.41) is 0.653. The highest BCUT2D eigenvalue weighted by molar-refractivity contribution is 6.30. The van der Waals surface area contributed by atoms with Gasteiger partial charge in [-0.25, -0.2) is 9.78 Å². The quantitative estimate of drug-likeness (QED) is 0.209. The van der Waals surface area contributed by atoms with Gasteiger partial charge in [0.1, 0.15) is 18.1 Å². The summed E-state index contributed by atoms with van der Waals surface area (Å²) in [7, 11) is 0. The lowest BCUT2D eigenvalue weighted by Crippen LogP contribution is -2.30. The molecule has 5 rings (SSSR count). The topological polar surface area (TPSA) is 81.9 Å². The first-order valence-corrected chi connectivity index (χ1v) is 14.4. The lowest BCUT2D eigenvalue weighted by molar-refractivity contribution is -0.140. The average molecular weight is 563 g/mol. The zero-order valence-electron chi connectivity index (χ0n) is 23.0. The SMILES string of the molecule is CCOC(=O)/C(=C/c1ccc(OCc2oc(C)nc2-c2ccc(Cl)cc2)cc1)CC(=O)N1C[C@H]2CCCC[C@H]2C1. The predicted octanol–water partition coefficient (Wildman–Crippen LogP) is 6.87. The maximum atomic E-state index is 13.2. The van der Waals surface area contributed by atoms with Crippen molar-refractivity contribution in [2.24, 2.45) is 11.8 Å². The zero-order chi connectivity index (χ0) is 28.1. The monoisotopic (exact) mass is 562 g/mol. The Kier molecular flexibility index (Phi) is 8.90. The minimum atomic E-state index is -0.455. The van der Waals surface area contributed by atoms with Crippen LogP contribution in [0, 0.1) is 18.8 Å². The molecule has 2 aromatic carbocycles. The van der Waals surface area contributed by atoms with E-state index in [1.165, 1.54) is 25.7 Å². The van der Waals surface area contributed by atoms with Crippen LogP contribution in [-0.4, -0.2) is 41.5 Å². The number of aromatic nitrogens is 1. The van der Waals surface area contributed by atoms with Crippen molar-refractivity contribution in [2.45, 2.75) is 52.6 Å². The maximum absolute atomic E-state index is 13.2. The molecule has 1 saturated carbocycles. The van der Waals surface area contributed by atoms with E-state index < -0.39 is 5.97 Å². The van der Waals surface area contributed by atoms with Crippen molar-refractivity contribution in [3.63, 3.8) is 0 Å². The molecule has 0 unspecified atom stereocenters. The summed E-state index contributed by atoms with van der Waals surface area (Å²) in [5.41, 5.74) is 2.76. The fraction of sp³-hybridized carbons (Fsp3) is 0.406. The Morgan fingerprint density at radius 2 is 1.73 bits per heavy atom. The number of rotatable bonds is 9. The number of oxazole rings is 1. The summed E-state index contributed by atoms with van der Waals surface area (Å²) in [5.74, 6) is 2.55. The third-order valence-corrected chi connectivity index (χ3v) is 7.97. The van der Waals surface area contributed by atoms with Gasteiger partial charge in [-0.2, -0.15) is 0 Å². The van der Waals surface area contributed by atoms with E-state index in [4.69, 9.17) is 25.5 Å². The highest BCUT2D eigenvalue weighted by Crippen LogP contribution is 2.36. The summed E-state index contributed by atoms with van der Waals surface area (Å²) >= 11 is 6.02. The predicted molar refractivity (Wildman–Crippen MR) is 154 cm³/mol. The van der Waals surface area contributed by atoms with Gasteiger partial charge in [0.25, 0.3) is 0 Å². The number of carbonyl (C=O) groups is 2. The van der Waals surface area contributed by atoms with Gasteiger partial charge < -0.3 is 18.8 Å². The molecule has 1 aromatic heterocycles.